The summed E-state index contributed by atoms with van der Waals surface area (Å²) in [6, 6.07) is 2.87. The van der Waals surface area contributed by atoms with Gasteiger partial charge in [-0.15, -0.1) is 0 Å². The molecule has 1 heterocycles. The highest BCUT2D eigenvalue weighted by atomic mass is 79.9. The van der Waals surface area contributed by atoms with E-state index < -0.39 is 23.1 Å². The van der Waals surface area contributed by atoms with Gasteiger partial charge >= 0.3 is 5.69 Å². The lowest BCUT2D eigenvalue weighted by Gasteiger charge is -2.11. The van der Waals surface area contributed by atoms with Crippen LogP contribution in [-0.2, 0) is 6.54 Å². The van der Waals surface area contributed by atoms with Crippen molar-refractivity contribution in [2.45, 2.75) is 20.4 Å². The van der Waals surface area contributed by atoms with E-state index in [2.05, 4.69) is 20.9 Å². The summed E-state index contributed by atoms with van der Waals surface area (Å²) in [6.45, 7) is 3.04. The van der Waals surface area contributed by atoms with E-state index in [0.717, 1.165) is 12.1 Å². The Morgan fingerprint density at radius 3 is 2.57 bits per heavy atom. The normalized spacial score (nSPS) is 10.7. The number of Topliss-reactive ketones (excluding diaryl/α,β-unsaturated/α-hetero) is 1. The van der Waals surface area contributed by atoms with Crippen LogP contribution in [-0.4, -0.2) is 15.3 Å². The largest absolute Gasteiger partial charge is 0.348 e. The van der Waals surface area contributed by atoms with Gasteiger partial charge in [0, 0.05) is 11.3 Å². The van der Waals surface area contributed by atoms with E-state index in [1.165, 1.54) is 10.6 Å². The van der Waals surface area contributed by atoms with Crippen molar-refractivity contribution in [3.63, 3.8) is 0 Å². The molecule has 0 N–H and O–H groups in total. The van der Waals surface area contributed by atoms with Gasteiger partial charge in [-0.05, 0) is 48.0 Å². The highest BCUT2D eigenvalue weighted by Crippen LogP contribution is 2.17. The second kappa shape index (κ2) is 5.85. The van der Waals surface area contributed by atoms with Crippen molar-refractivity contribution in [1.82, 2.24) is 9.55 Å². The van der Waals surface area contributed by atoms with Gasteiger partial charge in [-0.2, -0.15) is 4.98 Å². The second-order valence-corrected chi connectivity index (χ2v) is 5.31. The maximum Gasteiger partial charge on any atom is 0.348 e. The Balaban J connectivity index is 2.38. The van der Waals surface area contributed by atoms with E-state index >= 15 is 0 Å². The van der Waals surface area contributed by atoms with Crippen molar-refractivity contribution in [1.29, 1.82) is 0 Å². The molecule has 0 fully saturated rings. The fraction of sp³-hybridized carbons (Fsp3) is 0.214. The number of aromatic nitrogens is 2. The summed E-state index contributed by atoms with van der Waals surface area (Å²) in [7, 11) is 0. The molecular weight excluding hydrogens is 346 g/mol. The van der Waals surface area contributed by atoms with Crippen LogP contribution in [0.15, 0.2) is 27.5 Å². The lowest BCUT2D eigenvalue weighted by Crippen LogP contribution is -2.29. The Hall–Kier alpha value is -1.89. The lowest BCUT2D eigenvalue weighted by molar-refractivity contribution is 0.0968. The van der Waals surface area contributed by atoms with Gasteiger partial charge in [0.05, 0.1) is 16.7 Å². The Morgan fingerprint density at radius 2 is 1.95 bits per heavy atom. The Bertz CT molecular complexity index is 787. The molecule has 0 aliphatic heterocycles. The Morgan fingerprint density at radius 1 is 1.29 bits per heavy atom. The van der Waals surface area contributed by atoms with Gasteiger partial charge < -0.3 is 0 Å². The molecule has 2 aromatic rings. The van der Waals surface area contributed by atoms with Crippen LogP contribution < -0.4 is 5.69 Å². The fourth-order valence-electron chi connectivity index (χ4n) is 1.87. The molecule has 0 atom stereocenters. The summed E-state index contributed by atoms with van der Waals surface area (Å²) in [4.78, 5) is 27.7. The quantitative estimate of drug-likeness (QED) is 0.794. The predicted molar refractivity (Wildman–Crippen MR) is 76.4 cm³/mol. The van der Waals surface area contributed by atoms with Crippen LogP contribution in [0.3, 0.4) is 0 Å². The predicted octanol–water partition coefficient (Wildman–Crippen LogP) is 2.78. The maximum absolute atomic E-state index is 13.1. The van der Waals surface area contributed by atoms with Gasteiger partial charge in [-0.3, -0.25) is 9.36 Å². The fourth-order valence-corrected chi connectivity index (χ4v) is 2.17. The Kier molecular flexibility index (Phi) is 4.32. The summed E-state index contributed by atoms with van der Waals surface area (Å²) >= 11 is 3.29. The third-order valence-corrected chi connectivity index (χ3v) is 4.23. The summed E-state index contributed by atoms with van der Waals surface area (Å²) in [6.07, 6.45) is 0. The van der Waals surface area contributed by atoms with Gasteiger partial charge in [0.15, 0.2) is 17.4 Å². The number of carbonyl (C=O) groups excluding carboxylic acids is 1. The van der Waals surface area contributed by atoms with Crippen molar-refractivity contribution in [2.24, 2.45) is 0 Å². The SMILES string of the molecule is Cc1nc(=O)n(CC(=O)c2ccc(F)c(F)c2)c(C)c1Br. The van der Waals surface area contributed by atoms with Gasteiger partial charge in [0.2, 0.25) is 0 Å². The number of ketones is 1. The zero-order valence-electron chi connectivity index (χ0n) is 11.3. The van der Waals surface area contributed by atoms with Crippen LogP contribution in [0, 0.1) is 25.5 Å². The van der Waals surface area contributed by atoms with E-state index in [-0.39, 0.29) is 12.1 Å². The van der Waals surface area contributed by atoms with Crippen molar-refractivity contribution < 1.29 is 13.6 Å². The van der Waals surface area contributed by atoms with Crippen LogP contribution in [0.2, 0.25) is 0 Å². The van der Waals surface area contributed by atoms with E-state index in [0.29, 0.717) is 15.9 Å². The topological polar surface area (TPSA) is 52.0 Å². The number of halogens is 3. The first-order chi connectivity index (χ1) is 9.81. The first kappa shape index (κ1) is 15.5. The van der Waals surface area contributed by atoms with Gasteiger partial charge in [0.25, 0.3) is 0 Å². The smallest absolute Gasteiger partial charge is 0.292 e. The molecular formula is C14H11BrF2N2O2. The summed E-state index contributed by atoms with van der Waals surface area (Å²) in [5, 5.41) is 0. The zero-order chi connectivity index (χ0) is 15.7. The number of benzene rings is 1. The van der Waals surface area contributed by atoms with E-state index in [1.54, 1.807) is 13.8 Å². The van der Waals surface area contributed by atoms with E-state index in [9.17, 15) is 18.4 Å². The molecule has 7 heteroatoms. The molecule has 0 unspecified atom stereocenters. The van der Waals surface area contributed by atoms with Crippen molar-refractivity contribution in [3.8, 4) is 0 Å². The molecule has 0 aliphatic rings. The van der Waals surface area contributed by atoms with Crippen LogP contribution in [0.1, 0.15) is 21.7 Å². The van der Waals surface area contributed by atoms with Crippen LogP contribution >= 0.6 is 15.9 Å². The number of nitrogens with zero attached hydrogens (tertiary/aromatic N) is 2. The monoisotopic (exact) mass is 356 g/mol. The van der Waals surface area contributed by atoms with Crippen LogP contribution in [0.4, 0.5) is 8.78 Å². The second-order valence-electron chi connectivity index (χ2n) is 4.52. The summed E-state index contributed by atoms with van der Waals surface area (Å²) in [5.74, 6) is -2.63. The summed E-state index contributed by atoms with van der Waals surface area (Å²) < 4.78 is 27.8. The average molecular weight is 357 g/mol. The molecule has 0 spiro atoms. The van der Waals surface area contributed by atoms with Crippen LogP contribution in [0.25, 0.3) is 0 Å². The van der Waals surface area contributed by atoms with Crippen LogP contribution in [0.5, 0.6) is 0 Å². The first-order valence-corrected chi connectivity index (χ1v) is 6.82. The molecule has 2 rings (SSSR count). The third-order valence-electron chi connectivity index (χ3n) is 3.08. The summed E-state index contributed by atoms with van der Waals surface area (Å²) in [5.41, 5.74) is 0.499. The third kappa shape index (κ3) is 3.07. The van der Waals surface area contributed by atoms with Gasteiger partial charge in [-0.1, -0.05) is 0 Å². The highest BCUT2D eigenvalue weighted by Gasteiger charge is 2.15. The molecule has 110 valence electrons. The standard InChI is InChI=1S/C14H11BrF2N2O2/c1-7-13(15)8(2)19(14(21)18-7)6-12(20)9-3-4-10(16)11(17)5-9/h3-5H,6H2,1-2H3. The molecule has 0 radical (unpaired) electrons. The van der Waals surface area contributed by atoms with E-state index in [4.69, 9.17) is 0 Å². The van der Waals surface area contributed by atoms with Gasteiger partial charge in [0.1, 0.15) is 0 Å². The minimum absolute atomic E-state index is 0.00287. The number of hydrogen-bond acceptors (Lipinski definition) is 3. The minimum Gasteiger partial charge on any atom is -0.292 e. The van der Waals surface area contributed by atoms with Crippen molar-refractivity contribution >= 4 is 21.7 Å². The molecule has 0 bridgehead atoms. The molecule has 0 amide bonds. The number of rotatable bonds is 3. The number of hydrogen-bond donors (Lipinski definition) is 0. The minimum atomic E-state index is -1.10. The maximum atomic E-state index is 13.1. The molecule has 4 nitrogen and oxygen atoms in total. The first-order valence-electron chi connectivity index (χ1n) is 6.03. The van der Waals surface area contributed by atoms with Crippen molar-refractivity contribution in [2.75, 3.05) is 0 Å². The van der Waals surface area contributed by atoms with Crippen molar-refractivity contribution in [3.05, 3.63) is 61.7 Å². The highest BCUT2D eigenvalue weighted by molar-refractivity contribution is 9.10. The molecule has 1 aromatic heterocycles. The zero-order valence-corrected chi connectivity index (χ0v) is 12.9. The molecule has 0 aliphatic carbocycles. The average Bonchev–Trinajstić information content (AvgIpc) is 2.44. The molecule has 1 aromatic carbocycles. The number of aryl methyl sites for hydroxylation is 1. The molecule has 21 heavy (non-hydrogen) atoms. The van der Waals surface area contributed by atoms with Gasteiger partial charge in [-0.25, -0.2) is 13.6 Å². The molecule has 0 saturated carbocycles. The lowest BCUT2D eigenvalue weighted by atomic mass is 10.1. The molecule has 0 saturated heterocycles. The number of carbonyl (C=O) groups is 1. The Labute approximate surface area is 127 Å². The van der Waals surface area contributed by atoms with E-state index in [1.807, 2.05) is 0 Å².